The maximum absolute atomic E-state index is 13.9. The Morgan fingerprint density at radius 2 is 1.29 bits per heavy atom. The van der Waals surface area contributed by atoms with Gasteiger partial charge in [0.1, 0.15) is 16.3 Å². The largest absolute Gasteiger partial charge is 0.292 e. The average molecular weight is 676 g/mol. The van der Waals surface area contributed by atoms with Gasteiger partial charge in [-0.2, -0.15) is 5.01 Å². The van der Waals surface area contributed by atoms with Crippen LogP contribution in [0.5, 0.6) is 0 Å². The highest BCUT2D eigenvalue weighted by atomic mass is 35.5. The Morgan fingerprint density at radius 1 is 0.789 bits per heavy atom. The number of amides is 3. The van der Waals surface area contributed by atoms with Crippen molar-refractivity contribution in [2.75, 3.05) is 6.54 Å². The molecule has 3 amide bonds. The van der Waals surface area contributed by atoms with Crippen LogP contribution in [0.15, 0.2) is 58.6 Å². The van der Waals surface area contributed by atoms with Gasteiger partial charge in [0.25, 0.3) is 17.7 Å². The topological polar surface area (TPSA) is 74.8 Å². The summed E-state index contributed by atoms with van der Waals surface area (Å²) >= 11 is 51.4. The molecule has 3 aliphatic rings. The number of alkyl halides is 4. The minimum absolute atomic E-state index is 0.0247. The van der Waals surface area contributed by atoms with Crippen molar-refractivity contribution >= 4 is 116 Å². The Kier molecular flexibility index (Phi) is 7.02. The molecule has 198 valence electrons. The summed E-state index contributed by atoms with van der Waals surface area (Å²) in [5.74, 6) is -6.49. The van der Waals surface area contributed by atoms with Gasteiger partial charge in [-0.05, 0) is 36.4 Å². The molecule has 2 aromatic carbocycles. The van der Waals surface area contributed by atoms with Crippen LogP contribution in [0.4, 0.5) is 0 Å². The molecule has 0 aromatic heterocycles. The molecule has 0 unspecified atom stereocenters. The zero-order valence-corrected chi connectivity index (χ0v) is 24.6. The van der Waals surface area contributed by atoms with E-state index >= 15 is 0 Å². The normalized spacial score (nSPS) is 29.2. The van der Waals surface area contributed by atoms with Crippen molar-refractivity contribution in [3.63, 3.8) is 0 Å². The van der Waals surface area contributed by atoms with Crippen LogP contribution in [0.2, 0.25) is 10.0 Å². The SMILES string of the molecule is O=C(CN(C(=O)c1ccccc1Cl)N1C(=O)[C@H]2[C@H](C1=O)[C@@]1(Cl)C(Cl)=C(Cl)[C@@]2(Cl)C1(Cl)Cl)c1ccc(Cl)cc1. The van der Waals surface area contributed by atoms with Crippen LogP contribution in [0.25, 0.3) is 0 Å². The molecule has 1 saturated heterocycles. The highest BCUT2D eigenvalue weighted by molar-refractivity contribution is 6.66. The van der Waals surface area contributed by atoms with Crippen molar-refractivity contribution in [2.45, 2.75) is 14.1 Å². The Bertz CT molecular complexity index is 1420. The van der Waals surface area contributed by atoms with Crippen LogP contribution in [-0.2, 0) is 9.59 Å². The van der Waals surface area contributed by atoms with E-state index in [4.69, 9.17) is 92.8 Å². The van der Waals surface area contributed by atoms with E-state index in [9.17, 15) is 19.2 Å². The first-order chi connectivity index (χ1) is 17.7. The van der Waals surface area contributed by atoms with Crippen molar-refractivity contribution in [1.29, 1.82) is 0 Å². The molecule has 0 radical (unpaired) electrons. The highest BCUT2D eigenvalue weighted by Gasteiger charge is 2.88. The fraction of sp³-hybridized carbons (Fsp3) is 0.250. The summed E-state index contributed by atoms with van der Waals surface area (Å²) in [5, 5.41) is 1.04. The van der Waals surface area contributed by atoms with Crippen LogP contribution < -0.4 is 0 Å². The number of hydrogen-bond acceptors (Lipinski definition) is 4. The van der Waals surface area contributed by atoms with Crippen LogP contribution in [-0.4, -0.2) is 54.1 Å². The molecule has 38 heavy (non-hydrogen) atoms. The van der Waals surface area contributed by atoms with Crippen LogP contribution in [0.1, 0.15) is 20.7 Å². The Labute approximate surface area is 256 Å². The minimum Gasteiger partial charge on any atom is -0.292 e. The van der Waals surface area contributed by atoms with E-state index in [1.807, 2.05) is 0 Å². The Hall–Kier alpha value is -1.22. The number of benzene rings is 2. The predicted octanol–water partition coefficient (Wildman–Crippen LogP) is 6.68. The summed E-state index contributed by atoms with van der Waals surface area (Å²) in [6.45, 7) is -0.727. The number of imide groups is 1. The fourth-order valence-corrected chi connectivity index (χ4v) is 8.36. The number of nitrogens with zero attached hydrogens (tertiary/aromatic N) is 2. The van der Waals surface area contributed by atoms with Gasteiger partial charge in [-0.15, -0.1) is 23.2 Å². The lowest BCUT2D eigenvalue weighted by Gasteiger charge is -2.36. The molecular formula is C24H12Cl8N2O4. The second kappa shape index (κ2) is 9.42. The van der Waals surface area contributed by atoms with Crippen molar-refractivity contribution in [3.05, 3.63) is 79.8 Å². The zero-order chi connectivity index (χ0) is 27.9. The molecule has 5 rings (SSSR count). The standard InChI is InChI=1S/C24H12Cl8N2O4/c25-11-7-5-10(6-8-11)14(35)9-33(19(36)12-3-1-2-4-13(12)26)34-20(37)15-16(21(34)38)23(30)18(28)17(27)22(15,29)24(23,31)32/h1-8,15-16H,9H2/t15-,16-,22-,23-/m1/s1. The van der Waals surface area contributed by atoms with E-state index in [0.29, 0.717) is 15.0 Å². The summed E-state index contributed by atoms with van der Waals surface area (Å²) < 4.78 is -2.15. The number of halogens is 8. The first-order valence-corrected chi connectivity index (χ1v) is 13.8. The van der Waals surface area contributed by atoms with Crippen molar-refractivity contribution < 1.29 is 19.2 Å². The molecule has 4 atom stereocenters. The summed E-state index contributed by atoms with van der Waals surface area (Å²) in [7, 11) is 0. The lowest BCUT2D eigenvalue weighted by atomic mass is 9.84. The highest BCUT2D eigenvalue weighted by Crippen LogP contribution is 2.77. The number of Topliss-reactive ketones (excluding diaryl/α,β-unsaturated/α-hetero) is 1. The average Bonchev–Trinajstić information content (AvgIpc) is 3.26. The van der Waals surface area contributed by atoms with Crippen molar-refractivity contribution in [1.82, 2.24) is 10.0 Å². The molecule has 2 aromatic rings. The second-order valence-electron chi connectivity index (χ2n) is 8.84. The number of carbonyl (C=O) groups is 4. The predicted molar refractivity (Wildman–Crippen MR) is 147 cm³/mol. The maximum atomic E-state index is 13.9. The lowest BCUT2D eigenvalue weighted by Crippen LogP contribution is -2.56. The van der Waals surface area contributed by atoms with Gasteiger partial charge in [-0.1, -0.05) is 81.7 Å². The number of fused-ring (bicyclic) bond motifs is 5. The zero-order valence-electron chi connectivity index (χ0n) is 18.5. The van der Waals surface area contributed by atoms with Crippen molar-refractivity contribution in [3.8, 4) is 0 Å². The number of rotatable bonds is 5. The minimum atomic E-state index is -2.15. The van der Waals surface area contributed by atoms with Gasteiger partial charge >= 0.3 is 0 Å². The van der Waals surface area contributed by atoms with Crippen molar-refractivity contribution in [2.24, 2.45) is 11.8 Å². The van der Waals surface area contributed by atoms with Crippen LogP contribution >= 0.6 is 92.8 Å². The lowest BCUT2D eigenvalue weighted by molar-refractivity contribution is -0.154. The summed E-state index contributed by atoms with van der Waals surface area (Å²) in [4.78, 5) is 50.5. The first kappa shape index (κ1) is 28.3. The number of ketones is 1. The molecule has 2 aliphatic carbocycles. The maximum Gasteiger partial charge on any atom is 0.274 e. The van der Waals surface area contributed by atoms with E-state index in [1.54, 1.807) is 6.07 Å². The first-order valence-electron chi connectivity index (χ1n) is 10.8. The molecule has 1 saturated carbocycles. The third-order valence-corrected chi connectivity index (χ3v) is 11.8. The van der Waals surface area contributed by atoms with E-state index < -0.39 is 56.0 Å². The molecule has 0 spiro atoms. The van der Waals surface area contributed by atoms with Gasteiger partial charge in [-0.25, -0.2) is 5.01 Å². The van der Waals surface area contributed by atoms with E-state index in [1.165, 1.54) is 42.5 Å². The second-order valence-corrected chi connectivity index (χ2v) is 13.0. The fourth-order valence-electron chi connectivity index (χ4n) is 5.09. The summed E-state index contributed by atoms with van der Waals surface area (Å²) in [6, 6.07) is 11.8. The molecule has 2 bridgehead atoms. The van der Waals surface area contributed by atoms with E-state index in [0.717, 1.165) is 0 Å². The van der Waals surface area contributed by atoms with Gasteiger partial charge in [0.15, 0.2) is 10.1 Å². The summed E-state index contributed by atoms with van der Waals surface area (Å²) in [5.41, 5.74) is 0.0970. The number of allylic oxidation sites excluding steroid dienone is 2. The summed E-state index contributed by atoms with van der Waals surface area (Å²) in [6.07, 6.45) is 0. The Balaban J connectivity index is 1.61. The number of carbonyl (C=O) groups excluding carboxylic acids is 4. The monoisotopic (exact) mass is 672 g/mol. The third-order valence-electron chi connectivity index (χ3n) is 6.93. The number of hydrogen-bond donors (Lipinski definition) is 0. The van der Waals surface area contributed by atoms with Gasteiger partial charge in [0.05, 0.1) is 32.5 Å². The van der Waals surface area contributed by atoms with E-state index in [2.05, 4.69) is 0 Å². The smallest absolute Gasteiger partial charge is 0.274 e. The van der Waals surface area contributed by atoms with Gasteiger partial charge < -0.3 is 0 Å². The molecule has 0 N–H and O–H groups in total. The molecule has 14 heteroatoms. The quantitative estimate of drug-likeness (QED) is 0.201. The molecular weight excluding hydrogens is 664 g/mol. The molecule has 6 nitrogen and oxygen atoms in total. The van der Waals surface area contributed by atoms with Gasteiger partial charge in [0, 0.05) is 10.6 Å². The molecule has 2 fully saturated rings. The number of hydrazine groups is 1. The van der Waals surface area contributed by atoms with E-state index in [-0.39, 0.29) is 26.2 Å². The van der Waals surface area contributed by atoms with Gasteiger partial charge in [0.2, 0.25) is 0 Å². The molecule has 1 aliphatic heterocycles. The van der Waals surface area contributed by atoms with Crippen LogP contribution in [0, 0.1) is 11.8 Å². The van der Waals surface area contributed by atoms with Gasteiger partial charge in [-0.3, -0.25) is 19.2 Å². The Morgan fingerprint density at radius 3 is 1.79 bits per heavy atom. The third kappa shape index (κ3) is 3.55. The van der Waals surface area contributed by atoms with Crippen LogP contribution in [0.3, 0.4) is 0 Å². The molecule has 1 heterocycles.